The first-order chi connectivity index (χ1) is 40.0. The Morgan fingerprint density at radius 1 is 0.259 bits per heavy atom. The van der Waals surface area contributed by atoms with Crippen LogP contribution in [0, 0.1) is 0 Å². The minimum absolute atomic E-state index is 0.0818. The number of ether oxygens (including phenoxy) is 3. The van der Waals surface area contributed by atoms with Crippen molar-refractivity contribution in [2.24, 2.45) is 0 Å². The van der Waals surface area contributed by atoms with Crippen LogP contribution in [-0.4, -0.2) is 37.2 Å². The average molecular weight is 1130 g/mol. The first-order valence-electron chi connectivity index (χ1n) is 35.4. The van der Waals surface area contributed by atoms with Crippen LogP contribution in [0.1, 0.15) is 367 Å². The van der Waals surface area contributed by atoms with E-state index < -0.39 is 6.10 Å². The van der Waals surface area contributed by atoms with Crippen molar-refractivity contribution in [2.75, 3.05) is 13.2 Å². The second-order valence-electron chi connectivity index (χ2n) is 23.8. The summed E-state index contributed by atoms with van der Waals surface area (Å²) in [4.78, 5) is 38.5. The second kappa shape index (κ2) is 69.3. The summed E-state index contributed by atoms with van der Waals surface area (Å²) in [7, 11) is 0. The van der Waals surface area contributed by atoms with Gasteiger partial charge >= 0.3 is 17.9 Å². The molecule has 0 amide bonds. The van der Waals surface area contributed by atoms with Crippen molar-refractivity contribution in [2.45, 2.75) is 374 Å². The van der Waals surface area contributed by atoms with E-state index in [1.54, 1.807) is 0 Å². The minimum atomic E-state index is -0.789. The normalized spacial score (nSPS) is 12.5. The van der Waals surface area contributed by atoms with Gasteiger partial charge in [-0.05, 0) is 109 Å². The summed E-state index contributed by atoms with van der Waals surface area (Å²) in [5.74, 6) is -0.888. The van der Waals surface area contributed by atoms with E-state index in [0.29, 0.717) is 19.3 Å². The third kappa shape index (κ3) is 67.5. The number of allylic oxidation sites excluding steroid dienone is 12. The largest absolute Gasteiger partial charge is 0.462 e. The van der Waals surface area contributed by atoms with Gasteiger partial charge in [-0.25, -0.2) is 0 Å². The van der Waals surface area contributed by atoms with Crippen LogP contribution in [0.25, 0.3) is 0 Å². The molecule has 0 aromatic carbocycles. The zero-order chi connectivity index (χ0) is 58.5. The zero-order valence-corrected chi connectivity index (χ0v) is 54.1. The first kappa shape index (κ1) is 77.9. The van der Waals surface area contributed by atoms with Gasteiger partial charge in [0.25, 0.3) is 0 Å². The second-order valence-corrected chi connectivity index (χ2v) is 23.8. The number of hydrogen-bond donors (Lipinski definition) is 0. The Kier molecular flexibility index (Phi) is 66.6. The Labute approximate surface area is 503 Å². The predicted octanol–water partition coefficient (Wildman–Crippen LogP) is 24.4. The SMILES string of the molecule is CC/C=C\C/C=C\C/C=C\C/C=C\CCCCCCC(=O)OCC(COC(=O)CCCCCCCCCCCCCCC/C=C\CCCCCCCCCC)OC(=O)CCCCCCCCCCC/C=C\CCCCCCCCCC. The van der Waals surface area contributed by atoms with Crippen LogP contribution in [0.4, 0.5) is 0 Å². The van der Waals surface area contributed by atoms with Gasteiger partial charge in [0.05, 0.1) is 0 Å². The monoisotopic (exact) mass is 1130 g/mol. The smallest absolute Gasteiger partial charge is 0.306 e. The highest BCUT2D eigenvalue weighted by atomic mass is 16.6. The van der Waals surface area contributed by atoms with Crippen molar-refractivity contribution in [1.29, 1.82) is 0 Å². The van der Waals surface area contributed by atoms with E-state index in [-0.39, 0.29) is 31.1 Å². The lowest BCUT2D eigenvalue weighted by atomic mass is 10.0. The summed E-state index contributed by atoms with van der Waals surface area (Å²) in [6.07, 6.45) is 90.7. The molecule has 0 rings (SSSR count). The molecule has 0 spiro atoms. The van der Waals surface area contributed by atoms with Crippen molar-refractivity contribution in [3.05, 3.63) is 72.9 Å². The van der Waals surface area contributed by atoms with Gasteiger partial charge < -0.3 is 14.2 Å². The molecule has 470 valence electrons. The Morgan fingerprint density at radius 3 is 0.765 bits per heavy atom. The maximum atomic E-state index is 13.0. The van der Waals surface area contributed by atoms with Gasteiger partial charge in [-0.3, -0.25) is 14.4 Å². The fourth-order valence-electron chi connectivity index (χ4n) is 10.4. The molecule has 6 heteroatoms. The van der Waals surface area contributed by atoms with Crippen LogP contribution >= 0.6 is 0 Å². The van der Waals surface area contributed by atoms with Crippen LogP contribution < -0.4 is 0 Å². The highest BCUT2D eigenvalue weighted by Gasteiger charge is 2.19. The summed E-state index contributed by atoms with van der Waals surface area (Å²) >= 11 is 0. The van der Waals surface area contributed by atoms with Gasteiger partial charge in [0, 0.05) is 19.3 Å². The van der Waals surface area contributed by atoms with Gasteiger partial charge in [0.15, 0.2) is 6.10 Å². The molecule has 1 atom stereocenters. The van der Waals surface area contributed by atoms with Gasteiger partial charge in [-0.2, -0.15) is 0 Å². The van der Waals surface area contributed by atoms with Gasteiger partial charge in [0.2, 0.25) is 0 Å². The molecule has 0 radical (unpaired) electrons. The van der Waals surface area contributed by atoms with Gasteiger partial charge in [-0.15, -0.1) is 0 Å². The summed E-state index contributed by atoms with van der Waals surface area (Å²) in [6.45, 7) is 6.56. The number of unbranched alkanes of at least 4 members (excludes halogenated alkanes) is 42. The summed E-state index contributed by atoms with van der Waals surface area (Å²) in [5, 5.41) is 0. The first-order valence-corrected chi connectivity index (χ1v) is 35.4. The molecule has 0 aromatic rings. The standard InChI is InChI=1S/C75H134O6/c1-4-7-10-13-16-19-22-25-28-31-33-35-36-37-38-40-41-44-47-50-53-56-59-62-65-68-74(77)80-71-72(70-79-73(76)67-64-61-58-55-52-49-46-43-30-27-24-21-18-15-12-9-6-3)81-75(78)69-66-63-60-57-54-51-48-45-42-39-34-32-29-26-23-20-17-14-11-8-5-2/h9,12,18,21,27,30-34,46,49,72H,4-8,10-11,13-17,19-20,22-26,28-29,35-45,47-48,50-71H2,1-3H3/b12-9-,21-18-,30-27-,33-31-,34-32-,49-46-. The molecular formula is C75H134O6. The summed E-state index contributed by atoms with van der Waals surface area (Å²) < 4.78 is 17.0. The van der Waals surface area contributed by atoms with Crippen molar-refractivity contribution >= 4 is 17.9 Å². The summed E-state index contributed by atoms with van der Waals surface area (Å²) in [5.41, 5.74) is 0. The highest BCUT2D eigenvalue weighted by Crippen LogP contribution is 2.17. The molecule has 1 unspecified atom stereocenters. The predicted molar refractivity (Wildman–Crippen MR) is 353 cm³/mol. The molecule has 0 bridgehead atoms. The fraction of sp³-hybridized carbons (Fsp3) is 0.800. The number of esters is 3. The van der Waals surface area contributed by atoms with Crippen molar-refractivity contribution in [3.63, 3.8) is 0 Å². The van der Waals surface area contributed by atoms with Crippen LogP contribution in [0.5, 0.6) is 0 Å². The Bertz CT molecular complexity index is 1490. The molecular weight excluding hydrogens is 997 g/mol. The molecule has 0 aliphatic rings. The van der Waals surface area contributed by atoms with E-state index in [9.17, 15) is 14.4 Å². The van der Waals surface area contributed by atoms with E-state index in [2.05, 4.69) is 93.7 Å². The van der Waals surface area contributed by atoms with E-state index in [1.165, 1.54) is 231 Å². The van der Waals surface area contributed by atoms with E-state index in [4.69, 9.17) is 14.2 Å². The quantitative estimate of drug-likeness (QED) is 0.0261. The third-order valence-electron chi connectivity index (χ3n) is 15.7. The van der Waals surface area contributed by atoms with Gasteiger partial charge in [-0.1, -0.05) is 312 Å². The lowest BCUT2D eigenvalue weighted by Gasteiger charge is -2.18. The van der Waals surface area contributed by atoms with Gasteiger partial charge in [0.1, 0.15) is 13.2 Å². The van der Waals surface area contributed by atoms with E-state index in [0.717, 1.165) is 96.3 Å². The molecule has 0 aliphatic heterocycles. The topological polar surface area (TPSA) is 78.9 Å². The highest BCUT2D eigenvalue weighted by molar-refractivity contribution is 5.71. The Morgan fingerprint density at radius 2 is 0.481 bits per heavy atom. The van der Waals surface area contributed by atoms with E-state index >= 15 is 0 Å². The lowest BCUT2D eigenvalue weighted by molar-refractivity contribution is -0.167. The molecule has 0 saturated carbocycles. The Balaban J connectivity index is 4.34. The molecule has 81 heavy (non-hydrogen) atoms. The summed E-state index contributed by atoms with van der Waals surface area (Å²) in [6, 6.07) is 0. The number of carbonyl (C=O) groups excluding carboxylic acids is 3. The average Bonchev–Trinajstić information content (AvgIpc) is 3.47. The van der Waals surface area contributed by atoms with E-state index in [1.807, 2.05) is 0 Å². The fourth-order valence-corrected chi connectivity index (χ4v) is 10.4. The number of rotatable bonds is 65. The van der Waals surface area contributed by atoms with Crippen molar-refractivity contribution in [3.8, 4) is 0 Å². The van der Waals surface area contributed by atoms with Crippen LogP contribution in [0.2, 0.25) is 0 Å². The van der Waals surface area contributed by atoms with Crippen molar-refractivity contribution in [1.82, 2.24) is 0 Å². The van der Waals surface area contributed by atoms with Crippen LogP contribution in [0.3, 0.4) is 0 Å². The zero-order valence-electron chi connectivity index (χ0n) is 54.1. The molecule has 0 heterocycles. The minimum Gasteiger partial charge on any atom is -0.462 e. The molecule has 0 saturated heterocycles. The molecule has 0 aromatic heterocycles. The molecule has 6 nitrogen and oxygen atoms in total. The molecule has 0 aliphatic carbocycles. The third-order valence-corrected chi connectivity index (χ3v) is 15.7. The molecule has 0 fully saturated rings. The lowest BCUT2D eigenvalue weighted by Crippen LogP contribution is -2.30. The maximum Gasteiger partial charge on any atom is 0.306 e. The van der Waals surface area contributed by atoms with Crippen LogP contribution in [-0.2, 0) is 28.6 Å². The van der Waals surface area contributed by atoms with Crippen molar-refractivity contribution < 1.29 is 28.6 Å². The molecule has 0 N–H and O–H groups in total. The Hall–Kier alpha value is -3.15. The van der Waals surface area contributed by atoms with Crippen LogP contribution in [0.15, 0.2) is 72.9 Å². The maximum absolute atomic E-state index is 13.0. The number of hydrogen-bond acceptors (Lipinski definition) is 6. The number of carbonyl (C=O) groups is 3.